The Balaban J connectivity index is 1.55. The van der Waals surface area contributed by atoms with Gasteiger partial charge in [-0.25, -0.2) is 4.79 Å². The summed E-state index contributed by atoms with van der Waals surface area (Å²) in [6.45, 7) is -0.0890. The lowest BCUT2D eigenvalue weighted by molar-refractivity contribution is -0.136. The topological polar surface area (TPSA) is 105 Å². The Morgan fingerprint density at radius 3 is 2.50 bits per heavy atom. The second-order valence-corrected chi connectivity index (χ2v) is 6.85. The van der Waals surface area contributed by atoms with Crippen molar-refractivity contribution >= 4 is 44.9 Å². The second-order valence-electron chi connectivity index (χ2n) is 5.94. The summed E-state index contributed by atoms with van der Waals surface area (Å²) in [6, 6.07) is 13.6. The number of thiophene rings is 1. The minimum Gasteiger partial charge on any atom is -0.465 e. The SMILES string of the molecule is COC(=O)c1ccc(NC(=O)C(=O)NCC(O)c2csc3ccccc23)cc1. The lowest BCUT2D eigenvalue weighted by Gasteiger charge is -2.12. The number of hydrogen-bond donors (Lipinski definition) is 3. The Morgan fingerprint density at radius 1 is 1.07 bits per heavy atom. The average molecular weight is 398 g/mol. The Labute approximate surface area is 164 Å². The van der Waals surface area contributed by atoms with Crippen molar-refractivity contribution in [1.29, 1.82) is 0 Å². The van der Waals surface area contributed by atoms with Crippen LogP contribution in [-0.4, -0.2) is 36.5 Å². The van der Waals surface area contributed by atoms with E-state index in [9.17, 15) is 19.5 Å². The number of aliphatic hydroxyl groups is 1. The predicted octanol–water partition coefficient (Wildman–Crippen LogP) is 2.48. The van der Waals surface area contributed by atoms with Crippen LogP contribution in [0.2, 0.25) is 0 Å². The maximum absolute atomic E-state index is 12.0. The molecule has 8 heteroatoms. The highest BCUT2D eigenvalue weighted by Gasteiger charge is 2.18. The summed E-state index contributed by atoms with van der Waals surface area (Å²) < 4.78 is 5.63. The average Bonchev–Trinajstić information content (AvgIpc) is 3.16. The Bertz CT molecular complexity index is 1010. The van der Waals surface area contributed by atoms with Gasteiger partial charge in [0.25, 0.3) is 0 Å². The van der Waals surface area contributed by atoms with Crippen molar-refractivity contribution in [3.63, 3.8) is 0 Å². The third-order valence-electron chi connectivity index (χ3n) is 4.10. The minimum absolute atomic E-state index is 0.0890. The fraction of sp³-hybridized carbons (Fsp3) is 0.150. The van der Waals surface area contributed by atoms with Crippen molar-refractivity contribution in [3.8, 4) is 0 Å². The van der Waals surface area contributed by atoms with Crippen molar-refractivity contribution in [2.24, 2.45) is 0 Å². The highest BCUT2D eigenvalue weighted by molar-refractivity contribution is 7.17. The third-order valence-corrected chi connectivity index (χ3v) is 5.08. The number of fused-ring (bicyclic) bond motifs is 1. The number of esters is 1. The van der Waals surface area contributed by atoms with Gasteiger partial charge in [0.15, 0.2) is 0 Å². The molecule has 0 saturated heterocycles. The van der Waals surface area contributed by atoms with Gasteiger partial charge in [-0.05, 0) is 41.1 Å². The summed E-state index contributed by atoms with van der Waals surface area (Å²) in [6.07, 6.45) is -0.924. The highest BCUT2D eigenvalue weighted by Crippen LogP contribution is 2.29. The number of hydrogen-bond acceptors (Lipinski definition) is 6. The van der Waals surface area contributed by atoms with E-state index in [-0.39, 0.29) is 6.54 Å². The van der Waals surface area contributed by atoms with Crippen LogP contribution < -0.4 is 10.6 Å². The molecular formula is C20H18N2O5S. The Kier molecular flexibility index (Phi) is 6.03. The maximum atomic E-state index is 12.0. The van der Waals surface area contributed by atoms with Crippen molar-refractivity contribution in [2.45, 2.75) is 6.10 Å². The van der Waals surface area contributed by atoms with Gasteiger partial charge in [0.2, 0.25) is 0 Å². The monoisotopic (exact) mass is 398 g/mol. The predicted molar refractivity (Wildman–Crippen MR) is 106 cm³/mol. The molecule has 0 fully saturated rings. The van der Waals surface area contributed by atoms with E-state index in [4.69, 9.17) is 0 Å². The molecule has 0 spiro atoms. The molecule has 1 aromatic heterocycles. The summed E-state index contributed by atoms with van der Waals surface area (Å²) >= 11 is 1.50. The molecule has 0 aliphatic carbocycles. The van der Waals surface area contributed by atoms with Gasteiger partial charge in [0.05, 0.1) is 18.8 Å². The minimum atomic E-state index is -0.924. The molecule has 3 aromatic rings. The molecule has 1 heterocycles. The van der Waals surface area contributed by atoms with Gasteiger partial charge in [0.1, 0.15) is 0 Å². The highest BCUT2D eigenvalue weighted by atomic mass is 32.1. The standard InChI is InChI=1S/C20H18N2O5S/c1-27-20(26)12-6-8-13(9-7-12)22-19(25)18(24)21-10-16(23)15-11-28-17-5-3-2-4-14(15)17/h2-9,11,16,23H,10H2,1H3,(H,21,24)(H,22,25). The molecule has 7 nitrogen and oxygen atoms in total. The largest absolute Gasteiger partial charge is 0.465 e. The van der Waals surface area contributed by atoms with Gasteiger partial charge in [-0.3, -0.25) is 9.59 Å². The van der Waals surface area contributed by atoms with E-state index in [1.807, 2.05) is 29.6 Å². The van der Waals surface area contributed by atoms with Gasteiger partial charge in [-0.15, -0.1) is 11.3 Å². The Morgan fingerprint density at radius 2 is 1.79 bits per heavy atom. The van der Waals surface area contributed by atoms with Crippen LogP contribution in [0.1, 0.15) is 22.0 Å². The molecule has 0 saturated carbocycles. The number of benzene rings is 2. The molecular weight excluding hydrogens is 380 g/mol. The lowest BCUT2D eigenvalue weighted by atomic mass is 10.1. The van der Waals surface area contributed by atoms with Crippen LogP contribution in [0.4, 0.5) is 5.69 Å². The van der Waals surface area contributed by atoms with Crippen LogP contribution in [0.3, 0.4) is 0 Å². The van der Waals surface area contributed by atoms with Crippen molar-refractivity contribution in [1.82, 2.24) is 5.32 Å². The molecule has 28 heavy (non-hydrogen) atoms. The Hall–Kier alpha value is -3.23. The first kappa shape index (κ1) is 19.5. The quantitative estimate of drug-likeness (QED) is 0.452. The molecule has 1 atom stereocenters. The molecule has 3 rings (SSSR count). The number of carbonyl (C=O) groups excluding carboxylic acids is 3. The summed E-state index contributed by atoms with van der Waals surface area (Å²) in [5.74, 6) is -2.23. The van der Waals surface area contributed by atoms with E-state index in [2.05, 4.69) is 15.4 Å². The van der Waals surface area contributed by atoms with E-state index < -0.39 is 23.9 Å². The molecule has 144 valence electrons. The fourth-order valence-corrected chi connectivity index (χ4v) is 3.64. The van der Waals surface area contributed by atoms with E-state index in [1.165, 1.54) is 42.7 Å². The number of ether oxygens (including phenoxy) is 1. The number of carbonyl (C=O) groups is 3. The lowest BCUT2D eigenvalue weighted by Crippen LogP contribution is -2.37. The molecule has 0 radical (unpaired) electrons. The summed E-state index contributed by atoms with van der Waals surface area (Å²) in [5, 5.41) is 18.0. The van der Waals surface area contributed by atoms with Gasteiger partial charge in [-0.1, -0.05) is 18.2 Å². The van der Waals surface area contributed by atoms with Crippen molar-refractivity contribution in [3.05, 3.63) is 65.0 Å². The number of aliphatic hydroxyl groups excluding tert-OH is 1. The van der Waals surface area contributed by atoms with Crippen molar-refractivity contribution < 1.29 is 24.2 Å². The zero-order chi connectivity index (χ0) is 20.1. The molecule has 0 bridgehead atoms. The van der Waals surface area contributed by atoms with Crippen molar-refractivity contribution in [2.75, 3.05) is 19.0 Å². The van der Waals surface area contributed by atoms with Crippen LogP contribution in [0.25, 0.3) is 10.1 Å². The first-order valence-corrected chi connectivity index (χ1v) is 9.29. The van der Waals surface area contributed by atoms with Gasteiger partial charge in [-0.2, -0.15) is 0 Å². The molecule has 0 aliphatic rings. The summed E-state index contributed by atoms with van der Waals surface area (Å²) in [7, 11) is 1.27. The molecule has 2 amide bonds. The van der Waals surface area contributed by atoms with E-state index in [1.54, 1.807) is 0 Å². The van der Waals surface area contributed by atoms with Crippen LogP contribution >= 0.6 is 11.3 Å². The van der Waals surface area contributed by atoms with E-state index in [0.29, 0.717) is 16.8 Å². The molecule has 3 N–H and O–H groups in total. The third kappa shape index (κ3) is 4.36. The maximum Gasteiger partial charge on any atom is 0.337 e. The second kappa shape index (κ2) is 8.64. The number of rotatable bonds is 5. The van der Waals surface area contributed by atoms with Crippen LogP contribution in [0, 0.1) is 0 Å². The zero-order valence-corrected chi connectivity index (χ0v) is 15.8. The van der Waals surface area contributed by atoms with Crippen LogP contribution in [0.5, 0.6) is 0 Å². The smallest absolute Gasteiger partial charge is 0.337 e. The zero-order valence-electron chi connectivity index (χ0n) is 15.0. The molecule has 0 aliphatic heterocycles. The molecule has 1 unspecified atom stereocenters. The van der Waals surface area contributed by atoms with Gasteiger partial charge < -0.3 is 20.5 Å². The van der Waals surface area contributed by atoms with Crippen LogP contribution in [-0.2, 0) is 14.3 Å². The number of nitrogens with one attached hydrogen (secondary N) is 2. The van der Waals surface area contributed by atoms with Gasteiger partial charge >= 0.3 is 17.8 Å². The normalized spacial score (nSPS) is 11.6. The number of anilines is 1. The van der Waals surface area contributed by atoms with Crippen LogP contribution in [0.15, 0.2) is 53.9 Å². The first-order valence-electron chi connectivity index (χ1n) is 8.41. The summed E-state index contributed by atoms with van der Waals surface area (Å²) in [4.78, 5) is 35.4. The fourth-order valence-electron chi connectivity index (χ4n) is 2.63. The van der Waals surface area contributed by atoms with E-state index >= 15 is 0 Å². The number of methoxy groups -OCH3 is 1. The summed E-state index contributed by atoms with van der Waals surface area (Å²) in [5.41, 5.74) is 1.40. The van der Waals surface area contributed by atoms with Gasteiger partial charge in [0, 0.05) is 22.5 Å². The van der Waals surface area contributed by atoms with E-state index in [0.717, 1.165) is 10.1 Å². The number of amides is 2. The first-order chi connectivity index (χ1) is 13.5. The molecule has 2 aromatic carbocycles.